The first-order valence-corrected chi connectivity index (χ1v) is 6.43. The smallest absolute Gasteiger partial charge is 0.199 e. The Morgan fingerprint density at radius 2 is 1.90 bits per heavy atom. The number of halogens is 2. The number of carbonyl (C=O) groups is 1. The molecule has 102 valence electrons. The normalized spacial score (nSPS) is 13.1. The molecule has 3 nitrogen and oxygen atoms in total. The molecule has 0 spiro atoms. The molecule has 1 aliphatic rings. The van der Waals surface area contributed by atoms with E-state index in [0.717, 1.165) is 6.07 Å². The zero-order chi connectivity index (χ0) is 14.1. The number of carbonyl (C=O) groups excluding carboxylic acids is 1. The van der Waals surface area contributed by atoms with Crippen LogP contribution in [0.1, 0.15) is 15.9 Å². The van der Waals surface area contributed by atoms with Gasteiger partial charge in [0.25, 0.3) is 0 Å². The highest BCUT2D eigenvalue weighted by Crippen LogP contribution is 2.35. The van der Waals surface area contributed by atoms with E-state index in [1.54, 1.807) is 18.2 Å². The maximum Gasteiger partial charge on any atom is 0.199 e. The lowest BCUT2D eigenvalue weighted by atomic mass is 10.0. The summed E-state index contributed by atoms with van der Waals surface area (Å²) in [5, 5.41) is 0.244. The second-order valence-electron chi connectivity index (χ2n) is 4.28. The number of benzene rings is 2. The molecule has 0 N–H and O–H groups in total. The number of ether oxygens (including phenoxy) is 2. The summed E-state index contributed by atoms with van der Waals surface area (Å²) in [4.78, 5) is 12.4. The Kier molecular flexibility index (Phi) is 3.32. The van der Waals surface area contributed by atoms with Crippen molar-refractivity contribution in [2.75, 3.05) is 13.2 Å². The van der Waals surface area contributed by atoms with Crippen molar-refractivity contribution >= 4 is 17.4 Å². The third-order valence-electron chi connectivity index (χ3n) is 2.99. The summed E-state index contributed by atoms with van der Waals surface area (Å²) < 4.78 is 24.7. The van der Waals surface area contributed by atoms with E-state index in [1.165, 1.54) is 12.1 Å². The van der Waals surface area contributed by atoms with Crippen molar-refractivity contribution in [1.82, 2.24) is 0 Å². The van der Waals surface area contributed by atoms with Crippen LogP contribution in [0.25, 0.3) is 0 Å². The number of rotatable bonds is 2. The molecule has 0 atom stereocenters. The minimum atomic E-state index is -0.656. The molecule has 1 aliphatic heterocycles. The van der Waals surface area contributed by atoms with Crippen LogP contribution in [0.4, 0.5) is 4.39 Å². The quantitative estimate of drug-likeness (QED) is 0.795. The summed E-state index contributed by atoms with van der Waals surface area (Å²) in [5.74, 6) is -0.257. The molecule has 0 bridgehead atoms. The Labute approximate surface area is 119 Å². The average Bonchev–Trinajstić information content (AvgIpc) is 2.46. The van der Waals surface area contributed by atoms with Crippen LogP contribution in [0.2, 0.25) is 5.02 Å². The van der Waals surface area contributed by atoms with Crippen LogP contribution in [0.15, 0.2) is 36.4 Å². The first-order valence-electron chi connectivity index (χ1n) is 6.05. The van der Waals surface area contributed by atoms with E-state index in [-0.39, 0.29) is 16.1 Å². The van der Waals surface area contributed by atoms with Crippen molar-refractivity contribution in [3.05, 3.63) is 58.4 Å². The Balaban J connectivity index is 2.07. The number of hydrogen-bond acceptors (Lipinski definition) is 3. The van der Waals surface area contributed by atoms with Gasteiger partial charge in [0.2, 0.25) is 0 Å². The fraction of sp³-hybridized carbons (Fsp3) is 0.133. The molecule has 0 amide bonds. The number of ketones is 1. The fourth-order valence-electron chi connectivity index (χ4n) is 2.07. The summed E-state index contributed by atoms with van der Waals surface area (Å²) >= 11 is 5.69. The maximum atomic E-state index is 13.8. The van der Waals surface area contributed by atoms with Crippen molar-refractivity contribution in [2.45, 2.75) is 0 Å². The highest BCUT2D eigenvalue weighted by Gasteiger charge is 2.23. The summed E-state index contributed by atoms with van der Waals surface area (Å²) in [6, 6.07) is 8.93. The Bertz CT molecular complexity index is 685. The monoisotopic (exact) mass is 292 g/mol. The largest absolute Gasteiger partial charge is 0.486 e. The summed E-state index contributed by atoms with van der Waals surface area (Å²) in [5.41, 5.74) is 0.236. The van der Waals surface area contributed by atoms with E-state index < -0.39 is 11.6 Å². The molecule has 20 heavy (non-hydrogen) atoms. The molecule has 0 fully saturated rings. The van der Waals surface area contributed by atoms with Gasteiger partial charge < -0.3 is 9.47 Å². The molecule has 0 unspecified atom stereocenters. The molecule has 2 aromatic carbocycles. The molecule has 5 heteroatoms. The lowest BCUT2D eigenvalue weighted by Gasteiger charge is -2.20. The van der Waals surface area contributed by atoms with Crippen molar-refractivity contribution in [2.24, 2.45) is 0 Å². The zero-order valence-corrected chi connectivity index (χ0v) is 11.1. The lowest BCUT2D eigenvalue weighted by molar-refractivity contribution is 0.102. The Hall–Kier alpha value is -2.07. The number of fused-ring (bicyclic) bond motifs is 1. The van der Waals surface area contributed by atoms with Gasteiger partial charge in [0.1, 0.15) is 19.0 Å². The lowest BCUT2D eigenvalue weighted by Crippen LogP contribution is -2.18. The van der Waals surface area contributed by atoms with Crippen LogP contribution in [0, 0.1) is 5.82 Å². The van der Waals surface area contributed by atoms with Crippen LogP contribution in [0.5, 0.6) is 11.5 Å². The Morgan fingerprint density at radius 3 is 2.70 bits per heavy atom. The summed E-state index contributed by atoms with van der Waals surface area (Å²) in [6.07, 6.45) is 0. The minimum absolute atomic E-state index is 0.0445. The summed E-state index contributed by atoms with van der Waals surface area (Å²) in [7, 11) is 0. The molecule has 0 saturated heterocycles. The molecule has 0 aromatic heterocycles. The topological polar surface area (TPSA) is 35.5 Å². The van der Waals surface area contributed by atoms with Crippen LogP contribution in [-0.4, -0.2) is 19.0 Å². The van der Waals surface area contributed by atoms with E-state index in [1.807, 2.05) is 0 Å². The van der Waals surface area contributed by atoms with Crippen molar-refractivity contribution < 1.29 is 18.7 Å². The van der Waals surface area contributed by atoms with E-state index >= 15 is 0 Å². The highest BCUT2D eigenvalue weighted by atomic mass is 35.5. The van der Waals surface area contributed by atoms with E-state index in [9.17, 15) is 9.18 Å². The van der Waals surface area contributed by atoms with Crippen LogP contribution in [-0.2, 0) is 0 Å². The zero-order valence-electron chi connectivity index (χ0n) is 10.4. The maximum absolute atomic E-state index is 13.8. The predicted octanol–water partition coefficient (Wildman–Crippen LogP) is 3.48. The minimum Gasteiger partial charge on any atom is -0.486 e. The van der Waals surface area contributed by atoms with Gasteiger partial charge in [-0.1, -0.05) is 17.7 Å². The highest BCUT2D eigenvalue weighted by molar-refractivity contribution is 6.30. The van der Waals surface area contributed by atoms with Crippen LogP contribution in [0.3, 0.4) is 0 Å². The van der Waals surface area contributed by atoms with Gasteiger partial charge in [-0.3, -0.25) is 4.79 Å². The van der Waals surface area contributed by atoms with E-state index in [2.05, 4.69) is 0 Å². The molecular weight excluding hydrogens is 283 g/mol. The third kappa shape index (κ3) is 2.23. The van der Waals surface area contributed by atoms with Gasteiger partial charge in [0.05, 0.1) is 11.1 Å². The summed E-state index contributed by atoms with van der Waals surface area (Å²) in [6.45, 7) is 0.792. The molecule has 0 radical (unpaired) electrons. The second-order valence-corrected chi connectivity index (χ2v) is 4.72. The molecule has 0 aliphatic carbocycles. The Morgan fingerprint density at radius 1 is 1.10 bits per heavy atom. The molecular formula is C15H10ClFO3. The first-order chi connectivity index (χ1) is 9.66. The van der Waals surface area contributed by atoms with Gasteiger partial charge in [-0.15, -0.1) is 0 Å². The molecule has 3 rings (SSSR count). The van der Waals surface area contributed by atoms with E-state index in [0.29, 0.717) is 24.7 Å². The van der Waals surface area contributed by atoms with Gasteiger partial charge >= 0.3 is 0 Å². The second kappa shape index (κ2) is 5.13. The molecule has 2 aromatic rings. The fourth-order valence-corrected chi connectivity index (χ4v) is 2.23. The van der Waals surface area contributed by atoms with Gasteiger partial charge in [-0.05, 0) is 30.3 Å². The van der Waals surface area contributed by atoms with E-state index in [4.69, 9.17) is 21.1 Å². The van der Waals surface area contributed by atoms with Crippen LogP contribution < -0.4 is 9.47 Å². The van der Waals surface area contributed by atoms with Gasteiger partial charge in [0, 0.05) is 5.02 Å². The average molecular weight is 293 g/mol. The van der Waals surface area contributed by atoms with Gasteiger partial charge in [-0.25, -0.2) is 4.39 Å². The SMILES string of the molecule is O=C(c1ccc(Cl)cc1F)c1cccc2c1OCCO2. The molecule has 1 heterocycles. The number of hydrogen-bond donors (Lipinski definition) is 0. The van der Waals surface area contributed by atoms with Crippen LogP contribution >= 0.6 is 11.6 Å². The van der Waals surface area contributed by atoms with Crippen molar-refractivity contribution in [3.63, 3.8) is 0 Å². The van der Waals surface area contributed by atoms with Gasteiger partial charge in [0.15, 0.2) is 17.3 Å². The molecule has 0 saturated carbocycles. The first kappa shape index (κ1) is 12.9. The predicted molar refractivity (Wildman–Crippen MR) is 72.3 cm³/mol. The van der Waals surface area contributed by atoms with Gasteiger partial charge in [-0.2, -0.15) is 0 Å². The number of para-hydroxylation sites is 1. The van der Waals surface area contributed by atoms with Crippen molar-refractivity contribution in [3.8, 4) is 11.5 Å². The van der Waals surface area contributed by atoms with Crippen molar-refractivity contribution in [1.29, 1.82) is 0 Å². The standard InChI is InChI=1S/C15H10ClFO3/c16-9-4-5-10(12(17)8-9)14(18)11-2-1-3-13-15(11)20-7-6-19-13/h1-5,8H,6-7H2. The third-order valence-corrected chi connectivity index (χ3v) is 3.22.